The number of fused-ring (bicyclic) bond motifs is 3. The van der Waals surface area contributed by atoms with E-state index >= 15 is 0 Å². The lowest BCUT2D eigenvalue weighted by molar-refractivity contribution is -0.697. The molecule has 0 amide bonds. The van der Waals surface area contributed by atoms with Crippen LogP contribution in [0.4, 0.5) is 0 Å². The van der Waals surface area contributed by atoms with Gasteiger partial charge in [-0.2, -0.15) is 0 Å². The summed E-state index contributed by atoms with van der Waals surface area (Å²) in [6, 6.07) is 46.9. The van der Waals surface area contributed by atoms with Crippen molar-refractivity contribution < 1.29 is 27.4 Å². The smallest absolute Gasteiger partial charge is 0.173 e. The van der Waals surface area contributed by atoms with Crippen LogP contribution in [0.3, 0.4) is 0 Å². The monoisotopic (exact) mass is 1090 g/mol. The molecule has 0 spiro atoms. The lowest BCUT2D eigenvalue weighted by atomic mass is 9.66. The van der Waals surface area contributed by atoms with Crippen molar-refractivity contribution in [1.29, 1.82) is 0 Å². The summed E-state index contributed by atoms with van der Waals surface area (Å²) in [5.74, 6) is 0. The molecule has 12 nitrogen and oxygen atoms in total. The van der Waals surface area contributed by atoms with Gasteiger partial charge in [-0.1, -0.05) is 84.6 Å². The van der Waals surface area contributed by atoms with Gasteiger partial charge in [0.15, 0.2) is 101 Å². The van der Waals surface area contributed by atoms with Gasteiger partial charge < -0.3 is 0 Å². The van der Waals surface area contributed by atoms with Gasteiger partial charge in [-0.05, 0) is 84.7 Å². The molecular formula is C70H78N12+6. The Morgan fingerprint density at radius 2 is 0.585 bits per heavy atom. The van der Waals surface area contributed by atoms with Crippen LogP contribution in [0.25, 0.3) is 11.1 Å². The van der Waals surface area contributed by atoms with Gasteiger partial charge in [-0.25, -0.2) is 27.4 Å². The van der Waals surface area contributed by atoms with Crippen LogP contribution in [0, 0.1) is 0 Å². The molecule has 0 atom stereocenters. The summed E-state index contributed by atoms with van der Waals surface area (Å²) in [5, 5.41) is 18.7. The molecule has 2 aromatic carbocycles. The van der Waals surface area contributed by atoms with Crippen molar-refractivity contribution in [2.45, 2.75) is 153 Å². The van der Waals surface area contributed by atoms with Crippen molar-refractivity contribution in [2.24, 2.45) is 0 Å². The SMILES string of the molecule is c1cc2ccc1C[n+]1ccc(cc1)C13CCCCn4cc(nn4)CCC[n+]4ccc(cc4)-c4cc[n+](cc4)CCCc4cn(nn4)CCCCC(CCCC1)(c1cc[n+](cc1)C2)c1cc[n+](cc1)Cc1ccc(cc1)C[n+]1ccc3cc1. The second-order valence-corrected chi connectivity index (χ2v) is 23.8. The maximum atomic E-state index is 4.68. The maximum absolute atomic E-state index is 4.68. The molecule has 22 bridgehead atoms. The first-order valence-electron chi connectivity index (χ1n) is 30.4. The van der Waals surface area contributed by atoms with Crippen molar-refractivity contribution in [3.8, 4) is 11.1 Å². The number of rotatable bonds is 0. The highest BCUT2D eigenvalue weighted by atomic mass is 15.4. The minimum absolute atomic E-state index is 0.219. The Balaban J connectivity index is 0.876. The van der Waals surface area contributed by atoms with Gasteiger partial charge in [0.2, 0.25) is 0 Å². The zero-order valence-electron chi connectivity index (χ0n) is 47.6. The van der Waals surface area contributed by atoms with Crippen molar-refractivity contribution in [3.63, 3.8) is 0 Å². The topological polar surface area (TPSA) is 84.7 Å². The highest BCUT2D eigenvalue weighted by molar-refractivity contribution is 5.61. The molecule has 0 unspecified atom stereocenters. The van der Waals surface area contributed by atoms with Crippen molar-refractivity contribution in [2.75, 3.05) is 0 Å². The molecule has 26 rings (SSSR count). The summed E-state index contributed by atoms with van der Waals surface area (Å²) < 4.78 is 18.1. The Kier molecular flexibility index (Phi) is 15.7. The quantitative estimate of drug-likeness (QED) is 0.142. The molecular weight excluding hydrogens is 1010 g/mol. The fraction of sp³-hybridized carbons (Fsp3) is 0.343. The summed E-state index contributed by atoms with van der Waals surface area (Å²) >= 11 is 0. The lowest BCUT2D eigenvalue weighted by Gasteiger charge is -2.37. The van der Waals surface area contributed by atoms with Gasteiger partial charge >= 0.3 is 0 Å². The Bertz CT molecular complexity index is 3280. The largest absolute Gasteiger partial charge is 0.252 e. The molecule has 0 radical (unpaired) electrons. The van der Waals surface area contributed by atoms with E-state index in [2.05, 4.69) is 265 Å². The number of nitrogens with zero attached hydrogens (tertiary/aromatic N) is 12. The Labute approximate surface area is 483 Å². The first-order valence-corrected chi connectivity index (χ1v) is 30.4. The van der Waals surface area contributed by atoms with Gasteiger partial charge in [0.1, 0.15) is 13.1 Å². The number of hydrogen-bond donors (Lipinski definition) is 0. The molecule has 8 aromatic heterocycles. The van der Waals surface area contributed by atoms with E-state index in [1.54, 1.807) is 0 Å². The number of aryl methyl sites for hydroxylation is 6. The van der Waals surface area contributed by atoms with Crippen LogP contribution in [0.1, 0.15) is 133 Å². The van der Waals surface area contributed by atoms with E-state index in [1.165, 1.54) is 55.6 Å². The third-order valence-electron chi connectivity index (χ3n) is 18.2. The maximum Gasteiger partial charge on any atom is 0.173 e. The van der Waals surface area contributed by atoms with E-state index in [-0.39, 0.29) is 10.8 Å². The first-order chi connectivity index (χ1) is 40.4. The van der Waals surface area contributed by atoms with Crippen LogP contribution in [-0.2, 0) is 76.0 Å². The normalized spacial score (nSPS) is 19.2. The van der Waals surface area contributed by atoms with Crippen molar-refractivity contribution >= 4 is 0 Å². The van der Waals surface area contributed by atoms with E-state index in [0.717, 1.165) is 154 Å². The van der Waals surface area contributed by atoms with E-state index < -0.39 is 0 Å². The van der Waals surface area contributed by atoms with Crippen LogP contribution < -0.4 is 27.4 Å². The molecule has 0 fully saturated rings. The zero-order chi connectivity index (χ0) is 55.0. The summed E-state index contributed by atoms with van der Waals surface area (Å²) in [7, 11) is 0. The van der Waals surface area contributed by atoms with Crippen LogP contribution in [0.5, 0.6) is 0 Å². The molecule has 0 saturated carbocycles. The Morgan fingerprint density at radius 3 is 0.890 bits per heavy atom. The second-order valence-electron chi connectivity index (χ2n) is 23.8. The molecule has 24 heterocycles. The molecule has 10 aromatic rings. The first kappa shape index (κ1) is 53.0. The predicted molar refractivity (Wildman–Crippen MR) is 313 cm³/mol. The fourth-order valence-corrected chi connectivity index (χ4v) is 13.5. The third-order valence-corrected chi connectivity index (χ3v) is 18.2. The summed E-state index contributed by atoms with van der Waals surface area (Å²) in [6.45, 7) is 6.83. The van der Waals surface area contributed by atoms with Gasteiger partial charge in [0.25, 0.3) is 0 Å². The van der Waals surface area contributed by atoms with Crippen molar-refractivity contribution in [1.82, 2.24) is 30.0 Å². The van der Waals surface area contributed by atoms with Gasteiger partial charge in [0, 0.05) is 144 Å². The molecule has 0 saturated heterocycles. The number of benzene rings is 2. The van der Waals surface area contributed by atoms with Crippen LogP contribution in [0.2, 0.25) is 0 Å². The summed E-state index contributed by atoms with van der Waals surface area (Å²) in [5.41, 5.74) is 14.9. The minimum Gasteiger partial charge on any atom is -0.252 e. The molecule has 12 heteroatoms. The van der Waals surface area contributed by atoms with E-state index in [4.69, 9.17) is 0 Å². The summed E-state index contributed by atoms with van der Waals surface area (Å²) in [4.78, 5) is 0. The minimum atomic E-state index is -0.219. The second kappa shape index (κ2) is 24.4. The fourth-order valence-electron chi connectivity index (χ4n) is 13.5. The standard InChI is InChI=1S/C70H78N12/c1-2-32-70-34-4-6-38-82-56-68(72-74-82)10-8-36-76-41-21-62(22-42-76)61-19-39-75(40-20-61)35-7-9-67-55-81(73-71-67)37-5-3-33-69(31-1,63-23-43-77(44-24-63)51-57-11-15-59(16-12-57)53-79-47-27-65(70)28-48-79)64-25-45-78(46-26-64)52-58-13-17-60(18-14-58)54-80-49-29-66(70)30-50-80/h11-30,39-50,55-56H,1-10,31-38,51-54H2/q+6. The zero-order valence-corrected chi connectivity index (χ0v) is 47.6. The van der Waals surface area contributed by atoms with E-state index in [0.29, 0.717) is 0 Å². The number of pyridine rings is 6. The van der Waals surface area contributed by atoms with Crippen LogP contribution in [0.15, 0.2) is 208 Å². The molecule has 16 aliphatic rings. The van der Waals surface area contributed by atoms with Crippen molar-refractivity contribution in [3.05, 3.63) is 264 Å². The highest BCUT2D eigenvalue weighted by Crippen LogP contribution is 2.45. The molecule has 82 heavy (non-hydrogen) atoms. The molecule has 0 N–H and O–H groups in total. The third kappa shape index (κ3) is 12.3. The van der Waals surface area contributed by atoms with Gasteiger partial charge in [0.05, 0.1) is 11.4 Å². The van der Waals surface area contributed by atoms with Crippen LogP contribution >= 0.6 is 0 Å². The molecule has 412 valence electrons. The Morgan fingerprint density at radius 1 is 0.305 bits per heavy atom. The van der Waals surface area contributed by atoms with Gasteiger partial charge in [-0.15, -0.1) is 10.2 Å². The van der Waals surface area contributed by atoms with Gasteiger partial charge in [-0.3, -0.25) is 9.36 Å². The molecule has 0 aliphatic carbocycles. The number of aromatic nitrogens is 12. The summed E-state index contributed by atoms with van der Waals surface area (Å²) in [6.07, 6.45) is 46.0. The van der Waals surface area contributed by atoms with E-state index in [1.807, 2.05) is 0 Å². The molecule has 16 aliphatic heterocycles. The van der Waals surface area contributed by atoms with E-state index in [9.17, 15) is 0 Å². The van der Waals surface area contributed by atoms with Crippen LogP contribution in [-0.4, -0.2) is 30.0 Å². The average molecular weight is 1090 g/mol. The average Bonchev–Trinajstić information content (AvgIpc) is 4.33. The number of hydrogen-bond acceptors (Lipinski definition) is 4. The highest BCUT2D eigenvalue weighted by Gasteiger charge is 2.38. The Hall–Kier alpha value is -8.38. The predicted octanol–water partition coefficient (Wildman–Crippen LogP) is 9.23. The lowest BCUT2D eigenvalue weighted by Crippen LogP contribution is -2.38.